The summed E-state index contributed by atoms with van der Waals surface area (Å²) in [6, 6.07) is 7.97. The Morgan fingerprint density at radius 1 is 1.23 bits per heavy atom. The molecule has 0 saturated heterocycles. The number of carbonyl (C=O) groups excluding carboxylic acids is 1. The van der Waals surface area contributed by atoms with Crippen molar-refractivity contribution in [1.82, 2.24) is 14.1 Å². The topological polar surface area (TPSA) is 84.3 Å². The Morgan fingerprint density at radius 3 is 2.54 bits per heavy atom. The quantitative estimate of drug-likeness (QED) is 0.765. The highest BCUT2D eigenvalue weighted by molar-refractivity contribution is 7.89. The van der Waals surface area contributed by atoms with E-state index in [9.17, 15) is 13.2 Å². The second kappa shape index (κ2) is 8.46. The number of aromatic nitrogens is 2. The summed E-state index contributed by atoms with van der Waals surface area (Å²) in [7, 11) is -3.61. The first-order valence-corrected chi connectivity index (χ1v) is 10.2. The van der Waals surface area contributed by atoms with Gasteiger partial charge in [-0.05, 0) is 31.5 Å². The van der Waals surface area contributed by atoms with Crippen LogP contribution in [0.2, 0.25) is 0 Å². The van der Waals surface area contributed by atoms with Crippen molar-refractivity contribution in [1.29, 1.82) is 0 Å². The average molecular weight is 378 g/mol. The minimum Gasteiger partial charge on any atom is -0.307 e. The van der Waals surface area contributed by atoms with Crippen molar-refractivity contribution in [3.8, 4) is 0 Å². The molecule has 0 saturated carbocycles. The Balaban J connectivity index is 2.28. The highest BCUT2D eigenvalue weighted by Gasteiger charge is 2.22. The molecule has 1 aromatic heterocycles. The molecular weight excluding hydrogens is 352 g/mol. The fourth-order valence-electron chi connectivity index (χ4n) is 2.64. The summed E-state index contributed by atoms with van der Waals surface area (Å²) in [6.45, 7) is 8.38. The van der Waals surface area contributed by atoms with E-state index in [0.717, 1.165) is 6.42 Å². The van der Waals surface area contributed by atoms with Crippen molar-refractivity contribution in [3.05, 3.63) is 42.1 Å². The molecule has 1 amide bonds. The van der Waals surface area contributed by atoms with Gasteiger partial charge in [0, 0.05) is 24.7 Å². The zero-order chi connectivity index (χ0) is 19.3. The Morgan fingerprint density at radius 2 is 1.92 bits per heavy atom. The van der Waals surface area contributed by atoms with E-state index in [-0.39, 0.29) is 22.4 Å². The molecule has 142 valence electrons. The molecule has 2 rings (SSSR count). The maximum atomic E-state index is 12.6. The largest absolute Gasteiger partial charge is 0.307 e. The van der Waals surface area contributed by atoms with Crippen molar-refractivity contribution in [3.63, 3.8) is 0 Å². The van der Waals surface area contributed by atoms with Crippen LogP contribution in [0.15, 0.2) is 41.4 Å². The summed E-state index contributed by atoms with van der Waals surface area (Å²) in [4.78, 5) is 12.7. The third-order valence-electron chi connectivity index (χ3n) is 4.36. The number of nitrogens with zero attached hydrogens (tertiary/aromatic N) is 3. The molecule has 1 atom stereocenters. The van der Waals surface area contributed by atoms with Crippen LogP contribution in [0, 0.1) is 0 Å². The first-order valence-electron chi connectivity index (χ1n) is 8.80. The van der Waals surface area contributed by atoms with Gasteiger partial charge in [-0.15, -0.1) is 0 Å². The predicted octanol–water partition coefficient (Wildman–Crippen LogP) is 3.14. The normalized spacial score (nSPS) is 13.0. The van der Waals surface area contributed by atoms with Crippen LogP contribution in [0.25, 0.3) is 0 Å². The molecule has 0 radical (unpaired) electrons. The van der Waals surface area contributed by atoms with Crippen LogP contribution in [-0.4, -0.2) is 41.5 Å². The van der Waals surface area contributed by atoms with E-state index in [4.69, 9.17) is 0 Å². The second-order valence-electron chi connectivity index (χ2n) is 5.99. The van der Waals surface area contributed by atoms with Crippen LogP contribution in [0.3, 0.4) is 0 Å². The number of hydrogen-bond donors (Lipinski definition) is 1. The summed E-state index contributed by atoms with van der Waals surface area (Å²) in [6.07, 6.45) is 2.51. The van der Waals surface area contributed by atoms with Crippen molar-refractivity contribution in [2.75, 3.05) is 18.4 Å². The maximum Gasteiger partial charge on any atom is 0.256 e. The van der Waals surface area contributed by atoms with Gasteiger partial charge >= 0.3 is 0 Å². The first kappa shape index (κ1) is 20.1. The Bertz CT molecular complexity index is 857. The fraction of sp³-hybridized carbons (Fsp3) is 0.444. The van der Waals surface area contributed by atoms with Gasteiger partial charge in [0.25, 0.3) is 5.91 Å². The van der Waals surface area contributed by atoms with E-state index in [2.05, 4.69) is 10.4 Å². The minimum absolute atomic E-state index is 0.115. The zero-order valence-corrected chi connectivity index (χ0v) is 16.5. The smallest absolute Gasteiger partial charge is 0.256 e. The lowest BCUT2D eigenvalue weighted by molar-refractivity contribution is 0.102. The van der Waals surface area contributed by atoms with Gasteiger partial charge in [0.1, 0.15) is 5.82 Å². The number of benzene rings is 1. The second-order valence-corrected chi connectivity index (χ2v) is 7.93. The lowest BCUT2D eigenvalue weighted by Crippen LogP contribution is -2.30. The van der Waals surface area contributed by atoms with E-state index in [1.807, 2.05) is 13.8 Å². The highest BCUT2D eigenvalue weighted by atomic mass is 32.2. The van der Waals surface area contributed by atoms with Gasteiger partial charge in [0.15, 0.2) is 0 Å². The number of nitrogens with one attached hydrogen (secondary N) is 1. The summed E-state index contributed by atoms with van der Waals surface area (Å²) >= 11 is 0. The van der Waals surface area contributed by atoms with E-state index >= 15 is 0 Å². The molecular formula is C18H26N4O3S. The lowest BCUT2D eigenvalue weighted by Gasteiger charge is -2.19. The Hall–Kier alpha value is -2.19. The number of amides is 1. The molecule has 0 aliphatic rings. The molecule has 26 heavy (non-hydrogen) atoms. The molecule has 1 heterocycles. The van der Waals surface area contributed by atoms with Gasteiger partial charge in [-0.1, -0.05) is 26.8 Å². The molecule has 2 aromatic rings. The van der Waals surface area contributed by atoms with Gasteiger partial charge in [-0.25, -0.2) is 13.1 Å². The first-order chi connectivity index (χ1) is 12.3. The molecule has 1 aromatic carbocycles. The van der Waals surface area contributed by atoms with E-state index in [0.29, 0.717) is 18.9 Å². The van der Waals surface area contributed by atoms with Crippen molar-refractivity contribution in [2.24, 2.45) is 0 Å². The molecule has 0 unspecified atom stereocenters. The van der Waals surface area contributed by atoms with Gasteiger partial charge in [-0.3, -0.25) is 4.79 Å². The number of hydrogen-bond acceptors (Lipinski definition) is 4. The van der Waals surface area contributed by atoms with Crippen LogP contribution in [0.1, 0.15) is 50.5 Å². The molecule has 0 fully saturated rings. The summed E-state index contributed by atoms with van der Waals surface area (Å²) in [5.41, 5.74) is 0.287. The van der Waals surface area contributed by atoms with E-state index in [1.165, 1.54) is 16.4 Å². The lowest BCUT2D eigenvalue weighted by atomic mass is 10.2. The van der Waals surface area contributed by atoms with Gasteiger partial charge in [0.2, 0.25) is 10.0 Å². The fourth-order valence-corrected chi connectivity index (χ4v) is 4.14. The third-order valence-corrected chi connectivity index (χ3v) is 6.41. The summed E-state index contributed by atoms with van der Waals surface area (Å²) in [5, 5.41) is 7.05. The van der Waals surface area contributed by atoms with Crippen LogP contribution in [0.4, 0.5) is 5.82 Å². The molecule has 0 spiro atoms. The van der Waals surface area contributed by atoms with Crippen LogP contribution in [-0.2, 0) is 10.0 Å². The van der Waals surface area contributed by atoms with Gasteiger partial charge < -0.3 is 5.32 Å². The number of anilines is 1. The Kier molecular flexibility index (Phi) is 6.55. The van der Waals surface area contributed by atoms with Crippen molar-refractivity contribution < 1.29 is 13.2 Å². The molecule has 7 nitrogen and oxygen atoms in total. The van der Waals surface area contributed by atoms with Crippen LogP contribution >= 0.6 is 0 Å². The molecule has 1 N–H and O–H groups in total. The molecule has 0 aliphatic heterocycles. The van der Waals surface area contributed by atoms with E-state index < -0.39 is 10.0 Å². The Labute approximate surface area is 155 Å². The number of rotatable bonds is 8. The molecule has 0 aliphatic carbocycles. The third kappa shape index (κ3) is 4.13. The number of carbonyl (C=O) groups is 1. The highest BCUT2D eigenvalue weighted by Crippen LogP contribution is 2.20. The number of sulfonamides is 1. The van der Waals surface area contributed by atoms with Gasteiger partial charge in [0.05, 0.1) is 17.1 Å². The standard InChI is InChI=1S/C18H26N4O3S/c1-5-14(4)22-17(11-12-19-22)20-18(23)15-9-8-10-16(13-15)26(24,25)21(6-2)7-3/h8-14H,5-7H2,1-4H3,(H,20,23)/t14-/m0/s1. The SMILES string of the molecule is CC[C@H](C)n1nccc1NC(=O)c1cccc(S(=O)(=O)N(CC)CC)c1. The zero-order valence-electron chi connectivity index (χ0n) is 15.6. The van der Waals surface area contributed by atoms with Crippen molar-refractivity contribution >= 4 is 21.7 Å². The minimum atomic E-state index is -3.61. The van der Waals surface area contributed by atoms with E-state index in [1.54, 1.807) is 42.9 Å². The predicted molar refractivity (Wildman–Crippen MR) is 102 cm³/mol. The van der Waals surface area contributed by atoms with Crippen molar-refractivity contribution in [2.45, 2.75) is 45.1 Å². The van der Waals surface area contributed by atoms with Crippen LogP contribution < -0.4 is 5.32 Å². The monoisotopic (exact) mass is 378 g/mol. The average Bonchev–Trinajstić information content (AvgIpc) is 3.10. The molecule has 8 heteroatoms. The molecule has 0 bridgehead atoms. The van der Waals surface area contributed by atoms with Crippen LogP contribution in [0.5, 0.6) is 0 Å². The summed E-state index contributed by atoms with van der Waals surface area (Å²) in [5.74, 6) is 0.216. The van der Waals surface area contributed by atoms with Gasteiger partial charge in [-0.2, -0.15) is 9.40 Å². The maximum absolute atomic E-state index is 12.6. The summed E-state index contributed by atoms with van der Waals surface area (Å²) < 4.78 is 28.4.